The molecule has 24 heavy (non-hydrogen) atoms. The summed E-state index contributed by atoms with van der Waals surface area (Å²) in [6, 6.07) is 15.5. The molecule has 126 valence electrons. The van der Waals surface area contributed by atoms with Crippen LogP contribution in [0, 0.1) is 6.92 Å². The van der Waals surface area contributed by atoms with Crippen LogP contribution in [-0.4, -0.2) is 25.3 Å². The molecule has 1 fully saturated rings. The molecule has 0 unspecified atom stereocenters. The third-order valence-electron chi connectivity index (χ3n) is 3.92. The summed E-state index contributed by atoms with van der Waals surface area (Å²) in [7, 11) is 0. The van der Waals surface area contributed by atoms with Crippen molar-refractivity contribution in [2.45, 2.75) is 26.2 Å². The van der Waals surface area contributed by atoms with Crippen molar-refractivity contribution >= 4 is 11.8 Å². The fourth-order valence-electron chi connectivity index (χ4n) is 2.27. The highest BCUT2D eigenvalue weighted by Gasteiger charge is 2.16. The number of aryl methyl sites for hydroxylation is 1. The molecule has 1 aliphatic heterocycles. The zero-order chi connectivity index (χ0) is 16.8. The molecule has 5 heteroatoms. The number of carbonyl (C=O) groups excluding carboxylic acids is 1. The molecule has 1 amide bonds. The third-order valence-corrected chi connectivity index (χ3v) is 3.92. The molecule has 5 nitrogen and oxygen atoms in total. The first-order valence-electron chi connectivity index (χ1n) is 8.09. The second kappa shape index (κ2) is 7.95. The van der Waals surface area contributed by atoms with Gasteiger partial charge in [-0.25, -0.2) is 4.79 Å². The highest BCUT2D eigenvalue weighted by Crippen LogP contribution is 2.13. The van der Waals surface area contributed by atoms with Crippen LogP contribution in [0.25, 0.3) is 0 Å². The van der Waals surface area contributed by atoms with Gasteiger partial charge in [-0.05, 0) is 30.2 Å². The minimum Gasteiger partial charge on any atom is -0.444 e. The van der Waals surface area contributed by atoms with Crippen LogP contribution in [0.2, 0.25) is 0 Å². The van der Waals surface area contributed by atoms with Crippen molar-refractivity contribution < 1.29 is 14.3 Å². The average molecular weight is 326 g/mol. The lowest BCUT2D eigenvalue weighted by molar-refractivity contribution is 0.00759. The van der Waals surface area contributed by atoms with E-state index in [9.17, 15) is 4.79 Å². The minimum atomic E-state index is -0.458. The van der Waals surface area contributed by atoms with Gasteiger partial charge in [-0.1, -0.05) is 42.0 Å². The summed E-state index contributed by atoms with van der Waals surface area (Å²) < 4.78 is 10.9. The van der Waals surface area contributed by atoms with Crippen molar-refractivity contribution in [2.24, 2.45) is 0 Å². The van der Waals surface area contributed by atoms with E-state index in [-0.39, 0.29) is 6.61 Å². The number of nitrogens with one attached hydrogen (secondary N) is 2. The summed E-state index contributed by atoms with van der Waals surface area (Å²) in [6.07, 6.45) is -0.139. The van der Waals surface area contributed by atoms with Crippen molar-refractivity contribution in [1.82, 2.24) is 5.32 Å². The topological polar surface area (TPSA) is 59.6 Å². The van der Waals surface area contributed by atoms with E-state index in [1.807, 2.05) is 55.5 Å². The van der Waals surface area contributed by atoms with Crippen LogP contribution in [0.4, 0.5) is 10.5 Å². The van der Waals surface area contributed by atoms with E-state index in [1.54, 1.807) is 0 Å². The molecule has 0 radical (unpaired) electrons. The Morgan fingerprint density at radius 2 is 1.67 bits per heavy atom. The van der Waals surface area contributed by atoms with Crippen molar-refractivity contribution in [2.75, 3.05) is 18.4 Å². The molecule has 0 aromatic heterocycles. The van der Waals surface area contributed by atoms with Crippen LogP contribution in [0.3, 0.4) is 0 Å². The smallest absolute Gasteiger partial charge is 0.411 e. The fourth-order valence-corrected chi connectivity index (χ4v) is 2.27. The number of carbonyl (C=O) groups is 1. The van der Waals surface area contributed by atoms with Crippen LogP contribution >= 0.6 is 0 Å². The van der Waals surface area contributed by atoms with Crippen LogP contribution < -0.4 is 10.6 Å². The van der Waals surface area contributed by atoms with E-state index >= 15 is 0 Å². The molecule has 2 aromatic carbocycles. The predicted molar refractivity (Wildman–Crippen MR) is 92.9 cm³/mol. The van der Waals surface area contributed by atoms with E-state index in [0.717, 1.165) is 24.2 Å². The van der Waals surface area contributed by atoms with Crippen molar-refractivity contribution in [1.29, 1.82) is 0 Å². The number of benzene rings is 2. The maximum atomic E-state index is 11.8. The van der Waals surface area contributed by atoms with Gasteiger partial charge in [-0.3, -0.25) is 5.32 Å². The predicted octanol–water partition coefficient (Wildman–Crippen LogP) is 3.23. The number of ether oxygens (including phenoxy) is 2. The summed E-state index contributed by atoms with van der Waals surface area (Å²) in [5.41, 5.74) is 3.94. The SMILES string of the molecule is Cc1ccc(COC(=O)Nc2ccc(COC3CNC3)cc2)cc1. The average Bonchev–Trinajstić information content (AvgIpc) is 2.54. The summed E-state index contributed by atoms with van der Waals surface area (Å²) in [5.74, 6) is 0. The summed E-state index contributed by atoms with van der Waals surface area (Å²) in [4.78, 5) is 11.8. The van der Waals surface area contributed by atoms with E-state index in [1.165, 1.54) is 5.56 Å². The maximum Gasteiger partial charge on any atom is 0.411 e. The van der Waals surface area contributed by atoms with Gasteiger partial charge in [0.15, 0.2) is 0 Å². The molecule has 3 rings (SSSR count). The zero-order valence-corrected chi connectivity index (χ0v) is 13.7. The van der Waals surface area contributed by atoms with Gasteiger partial charge in [0.2, 0.25) is 0 Å². The Morgan fingerprint density at radius 1 is 1.04 bits per heavy atom. The molecule has 2 N–H and O–H groups in total. The zero-order valence-electron chi connectivity index (χ0n) is 13.7. The Labute approximate surface area is 142 Å². The molecule has 2 aromatic rings. The molecule has 1 heterocycles. The van der Waals surface area contributed by atoms with E-state index < -0.39 is 6.09 Å². The van der Waals surface area contributed by atoms with Crippen molar-refractivity contribution in [3.05, 3.63) is 65.2 Å². The van der Waals surface area contributed by atoms with Crippen LogP contribution in [0.5, 0.6) is 0 Å². The first kappa shape index (κ1) is 16.5. The number of amides is 1. The highest BCUT2D eigenvalue weighted by atomic mass is 16.5. The quantitative estimate of drug-likeness (QED) is 0.855. The second-order valence-electron chi connectivity index (χ2n) is 5.97. The summed E-state index contributed by atoms with van der Waals surface area (Å²) >= 11 is 0. The van der Waals surface area contributed by atoms with Gasteiger partial charge in [-0.15, -0.1) is 0 Å². The van der Waals surface area contributed by atoms with E-state index in [0.29, 0.717) is 18.4 Å². The van der Waals surface area contributed by atoms with Gasteiger partial charge in [0.1, 0.15) is 6.61 Å². The first-order chi connectivity index (χ1) is 11.7. The Bertz CT molecular complexity index is 664. The Balaban J connectivity index is 1.42. The lowest BCUT2D eigenvalue weighted by atomic mass is 10.2. The van der Waals surface area contributed by atoms with Gasteiger partial charge in [-0.2, -0.15) is 0 Å². The highest BCUT2D eigenvalue weighted by molar-refractivity contribution is 5.84. The molecule has 0 atom stereocenters. The number of rotatable bonds is 6. The van der Waals surface area contributed by atoms with Gasteiger partial charge < -0.3 is 14.8 Å². The number of hydrogen-bond acceptors (Lipinski definition) is 4. The summed E-state index contributed by atoms with van der Waals surface area (Å²) in [6.45, 7) is 4.71. The van der Waals surface area contributed by atoms with Crippen LogP contribution in [-0.2, 0) is 22.7 Å². The van der Waals surface area contributed by atoms with Gasteiger partial charge >= 0.3 is 6.09 Å². The molecule has 1 aliphatic rings. The minimum absolute atomic E-state index is 0.257. The first-order valence-corrected chi connectivity index (χ1v) is 8.09. The lowest BCUT2D eigenvalue weighted by Gasteiger charge is -2.27. The molecule has 0 aliphatic carbocycles. The lowest BCUT2D eigenvalue weighted by Crippen LogP contribution is -2.48. The van der Waals surface area contributed by atoms with Gasteiger partial charge in [0.05, 0.1) is 12.7 Å². The largest absolute Gasteiger partial charge is 0.444 e. The molecule has 0 saturated carbocycles. The monoisotopic (exact) mass is 326 g/mol. The third kappa shape index (κ3) is 4.81. The maximum absolute atomic E-state index is 11.8. The molecular formula is C19H22N2O3. The molecule has 0 bridgehead atoms. The van der Waals surface area contributed by atoms with Crippen molar-refractivity contribution in [3.8, 4) is 0 Å². The second-order valence-corrected chi connectivity index (χ2v) is 5.97. The van der Waals surface area contributed by atoms with E-state index in [4.69, 9.17) is 9.47 Å². The Kier molecular flexibility index (Phi) is 5.46. The molecule has 1 saturated heterocycles. The van der Waals surface area contributed by atoms with Crippen LogP contribution in [0.15, 0.2) is 48.5 Å². The van der Waals surface area contributed by atoms with Gasteiger partial charge in [0, 0.05) is 18.8 Å². The number of hydrogen-bond donors (Lipinski definition) is 2. The standard InChI is InChI=1S/C19H22N2O3/c1-14-2-4-15(5-3-14)13-24-19(22)21-17-8-6-16(7-9-17)12-23-18-10-20-11-18/h2-9,18,20H,10-13H2,1H3,(H,21,22). The fraction of sp³-hybridized carbons (Fsp3) is 0.316. The molecule has 0 spiro atoms. The number of anilines is 1. The Hall–Kier alpha value is -2.37. The van der Waals surface area contributed by atoms with E-state index in [2.05, 4.69) is 10.6 Å². The summed E-state index contributed by atoms with van der Waals surface area (Å²) in [5, 5.41) is 5.89. The molecular weight excluding hydrogens is 304 g/mol. The Morgan fingerprint density at radius 3 is 2.29 bits per heavy atom. The normalized spacial score (nSPS) is 14.0. The van der Waals surface area contributed by atoms with Crippen LogP contribution in [0.1, 0.15) is 16.7 Å². The van der Waals surface area contributed by atoms with Crippen molar-refractivity contribution in [3.63, 3.8) is 0 Å². The van der Waals surface area contributed by atoms with Gasteiger partial charge in [0.25, 0.3) is 0 Å².